The molecule has 1 aromatic carbocycles. The number of hydrogen-bond donors (Lipinski definition) is 0. The zero-order valence-electron chi connectivity index (χ0n) is 11.2. The molecule has 5 heteroatoms. The van der Waals surface area contributed by atoms with Gasteiger partial charge in [-0.1, -0.05) is 12.1 Å². The minimum absolute atomic E-state index is 0.455. The summed E-state index contributed by atoms with van der Waals surface area (Å²) in [6.45, 7) is 1.88. The van der Waals surface area contributed by atoms with Crippen LogP contribution in [0.5, 0.6) is 0 Å². The molecule has 0 amide bonds. The summed E-state index contributed by atoms with van der Waals surface area (Å²) in [5.41, 5.74) is 3.45. The molecule has 0 saturated heterocycles. The minimum atomic E-state index is 0.455. The zero-order chi connectivity index (χ0) is 14.1. The molecule has 0 unspecified atom stereocenters. The van der Waals surface area contributed by atoms with Gasteiger partial charge in [-0.25, -0.2) is 4.98 Å². The van der Waals surface area contributed by atoms with E-state index in [-0.39, 0.29) is 0 Å². The highest BCUT2D eigenvalue weighted by atomic mass is 79.9. The number of pyridine rings is 1. The average Bonchev–Trinajstić information content (AvgIpc) is 2.48. The third kappa shape index (κ3) is 2.38. The summed E-state index contributed by atoms with van der Waals surface area (Å²) in [7, 11) is 2.12. The first kappa shape index (κ1) is 13.7. The van der Waals surface area contributed by atoms with Crippen molar-refractivity contribution in [1.82, 2.24) is 4.98 Å². The van der Waals surface area contributed by atoms with E-state index in [1.165, 1.54) is 11.4 Å². The number of alkyl halides is 1. The van der Waals surface area contributed by atoms with E-state index < -0.39 is 0 Å². The third-order valence-corrected chi connectivity index (χ3v) is 4.27. The predicted molar refractivity (Wildman–Crippen MR) is 88.2 cm³/mol. The van der Waals surface area contributed by atoms with Crippen LogP contribution in [0.4, 0.5) is 17.2 Å². The van der Waals surface area contributed by atoms with Crippen LogP contribution < -0.4 is 9.80 Å². The molecule has 3 nitrogen and oxygen atoms in total. The van der Waals surface area contributed by atoms with Gasteiger partial charge >= 0.3 is 0 Å². The molecule has 0 fully saturated rings. The molecule has 0 bridgehead atoms. The van der Waals surface area contributed by atoms with Crippen molar-refractivity contribution >= 4 is 44.7 Å². The SMILES string of the molecule is CN1CCN(c2ncc(Br)cc2CCl)c2ccccc21. The molecule has 1 aromatic heterocycles. The molecule has 0 atom stereocenters. The highest BCUT2D eigenvalue weighted by Gasteiger charge is 2.23. The van der Waals surface area contributed by atoms with Crippen LogP contribution in [-0.4, -0.2) is 25.1 Å². The number of aromatic nitrogens is 1. The first-order chi connectivity index (χ1) is 9.70. The van der Waals surface area contributed by atoms with E-state index in [4.69, 9.17) is 11.6 Å². The van der Waals surface area contributed by atoms with Gasteiger partial charge in [0.15, 0.2) is 0 Å². The normalized spacial score (nSPS) is 14.3. The summed E-state index contributed by atoms with van der Waals surface area (Å²) >= 11 is 9.54. The number of benzene rings is 1. The van der Waals surface area contributed by atoms with Gasteiger partial charge in [-0.05, 0) is 34.1 Å². The van der Waals surface area contributed by atoms with Crippen LogP contribution in [0.25, 0.3) is 0 Å². The number of hydrogen-bond acceptors (Lipinski definition) is 3. The monoisotopic (exact) mass is 351 g/mol. The van der Waals surface area contributed by atoms with Gasteiger partial charge in [0, 0.05) is 36.4 Å². The number of nitrogens with zero attached hydrogens (tertiary/aromatic N) is 3. The van der Waals surface area contributed by atoms with Gasteiger partial charge in [0.2, 0.25) is 0 Å². The molecule has 1 aliphatic rings. The van der Waals surface area contributed by atoms with Crippen molar-refractivity contribution in [2.24, 2.45) is 0 Å². The molecule has 0 N–H and O–H groups in total. The van der Waals surface area contributed by atoms with Gasteiger partial charge in [0.05, 0.1) is 17.3 Å². The van der Waals surface area contributed by atoms with E-state index in [2.05, 4.69) is 62.0 Å². The van der Waals surface area contributed by atoms with Crippen LogP contribution in [0.15, 0.2) is 41.0 Å². The molecular formula is C15H15BrClN3. The van der Waals surface area contributed by atoms with Gasteiger partial charge in [-0.15, -0.1) is 11.6 Å². The Kier molecular flexibility index (Phi) is 3.85. The Morgan fingerprint density at radius 3 is 2.75 bits per heavy atom. The number of halogens is 2. The maximum Gasteiger partial charge on any atom is 0.137 e. The second-order valence-electron chi connectivity index (χ2n) is 4.83. The maximum atomic E-state index is 6.08. The molecule has 3 rings (SSSR count). The molecule has 0 spiro atoms. The number of rotatable bonds is 2. The highest BCUT2D eigenvalue weighted by Crippen LogP contribution is 2.37. The van der Waals surface area contributed by atoms with Crippen molar-refractivity contribution in [1.29, 1.82) is 0 Å². The second kappa shape index (κ2) is 5.62. The minimum Gasteiger partial charge on any atom is -0.371 e. The highest BCUT2D eigenvalue weighted by molar-refractivity contribution is 9.10. The smallest absolute Gasteiger partial charge is 0.137 e. The summed E-state index contributed by atoms with van der Waals surface area (Å²) in [5.74, 6) is 1.40. The summed E-state index contributed by atoms with van der Waals surface area (Å²) < 4.78 is 0.958. The summed E-state index contributed by atoms with van der Waals surface area (Å²) in [6.07, 6.45) is 1.83. The molecule has 0 aliphatic carbocycles. The number of anilines is 3. The topological polar surface area (TPSA) is 19.4 Å². The predicted octanol–water partition coefficient (Wildman–Crippen LogP) is 4.17. The number of likely N-dealkylation sites (N-methyl/N-ethyl adjacent to an activating group) is 1. The first-order valence-corrected chi connectivity index (χ1v) is 7.81. The fourth-order valence-corrected chi connectivity index (χ4v) is 3.12. The Bertz CT molecular complexity index is 632. The third-order valence-electron chi connectivity index (χ3n) is 3.55. The molecule has 2 aromatic rings. The number of para-hydroxylation sites is 2. The first-order valence-electron chi connectivity index (χ1n) is 6.49. The van der Waals surface area contributed by atoms with Crippen molar-refractivity contribution < 1.29 is 0 Å². The van der Waals surface area contributed by atoms with Crippen LogP contribution in [0.2, 0.25) is 0 Å². The van der Waals surface area contributed by atoms with Gasteiger partial charge in [0.1, 0.15) is 5.82 Å². The van der Waals surface area contributed by atoms with Crippen LogP contribution in [0, 0.1) is 0 Å². The zero-order valence-corrected chi connectivity index (χ0v) is 13.5. The lowest BCUT2D eigenvalue weighted by molar-refractivity contribution is 0.810. The average molecular weight is 353 g/mol. The Balaban J connectivity index is 2.10. The van der Waals surface area contributed by atoms with Crippen LogP contribution in [0.1, 0.15) is 5.56 Å². The molecule has 104 valence electrons. The number of fused-ring (bicyclic) bond motifs is 1. The lowest BCUT2D eigenvalue weighted by atomic mass is 10.1. The lowest BCUT2D eigenvalue weighted by Gasteiger charge is -2.37. The molecule has 2 heterocycles. The van der Waals surface area contributed by atoms with Crippen LogP contribution in [0.3, 0.4) is 0 Å². The standard InChI is InChI=1S/C15H15BrClN3/c1-19-6-7-20(14-5-3-2-4-13(14)19)15-11(9-17)8-12(16)10-18-15/h2-5,8,10H,6-7,9H2,1H3. The Morgan fingerprint density at radius 1 is 1.25 bits per heavy atom. The fraction of sp³-hybridized carbons (Fsp3) is 0.267. The van der Waals surface area contributed by atoms with Gasteiger partial charge in [-0.2, -0.15) is 0 Å². The lowest BCUT2D eigenvalue weighted by Crippen LogP contribution is -2.37. The van der Waals surface area contributed by atoms with Gasteiger partial charge in [-0.3, -0.25) is 0 Å². The van der Waals surface area contributed by atoms with Crippen molar-refractivity contribution in [3.63, 3.8) is 0 Å². The maximum absolute atomic E-state index is 6.08. The summed E-state index contributed by atoms with van der Waals surface area (Å²) in [5, 5.41) is 0. The molecule has 20 heavy (non-hydrogen) atoms. The van der Waals surface area contributed by atoms with Crippen molar-refractivity contribution in [2.75, 3.05) is 29.9 Å². The molecule has 0 radical (unpaired) electrons. The van der Waals surface area contributed by atoms with Crippen LogP contribution >= 0.6 is 27.5 Å². The summed E-state index contributed by atoms with van der Waals surface area (Å²) in [6, 6.07) is 10.4. The van der Waals surface area contributed by atoms with Crippen molar-refractivity contribution in [3.8, 4) is 0 Å². The van der Waals surface area contributed by atoms with Crippen LogP contribution in [-0.2, 0) is 5.88 Å². The molecule has 1 aliphatic heterocycles. The molecular weight excluding hydrogens is 338 g/mol. The van der Waals surface area contributed by atoms with Crippen molar-refractivity contribution in [3.05, 3.63) is 46.6 Å². The molecule has 0 saturated carbocycles. The van der Waals surface area contributed by atoms with Gasteiger partial charge < -0.3 is 9.80 Å². The Labute approximate surface area is 132 Å². The Morgan fingerprint density at radius 2 is 2.00 bits per heavy atom. The van der Waals surface area contributed by atoms with Gasteiger partial charge in [0.25, 0.3) is 0 Å². The second-order valence-corrected chi connectivity index (χ2v) is 6.01. The van der Waals surface area contributed by atoms with E-state index in [1.807, 2.05) is 12.3 Å². The largest absolute Gasteiger partial charge is 0.371 e. The Hall–Kier alpha value is -1.26. The summed E-state index contributed by atoms with van der Waals surface area (Å²) in [4.78, 5) is 9.09. The van der Waals surface area contributed by atoms with Crippen molar-refractivity contribution in [2.45, 2.75) is 5.88 Å². The van der Waals surface area contributed by atoms with E-state index in [1.54, 1.807) is 0 Å². The van der Waals surface area contributed by atoms with E-state index in [9.17, 15) is 0 Å². The van der Waals surface area contributed by atoms with E-state index in [0.717, 1.165) is 28.9 Å². The fourth-order valence-electron chi connectivity index (χ4n) is 2.54. The van der Waals surface area contributed by atoms with E-state index in [0.29, 0.717) is 5.88 Å². The quantitative estimate of drug-likeness (QED) is 0.756. The van der Waals surface area contributed by atoms with E-state index >= 15 is 0 Å².